The molecule has 0 amide bonds. The van der Waals surface area contributed by atoms with E-state index in [0.29, 0.717) is 17.0 Å². The Morgan fingerprint density at radius 3 is 2.48 bits per heavy atom. The second kappa shape index (κ2) is 6.60. The minimum absolute atomic E-state index is 0.138. The van der Waals surface area contributed by atoms with Crippen LogP contribution in [0.5, 0.6) is 5.75 Å². The molecule has 0 fully saturated rings. The molecule has 0 aliphatic heterocycles. The molecule has 0 saturated carbocycles. The van der Waals surface area contributed by atoms with Crippen molar-refractivity contribution in [1.29, 1.82) is 0 Å². The van der Waals surface area contributed by atoms with Crippen LogP contribution >= 0.6 is 0 Å². The Kier molecular flexibility index (Phi) is 4.82. The van der Waals surface area contributed by atoms with Crippen molar-refractivity contribution in [3.63, 3.8) is 0 Å². The lowest BCUT2D eigenvalue weighted by Crippen LogP contribution is -2.15. The number of methoxy groups -OCH3 is 1. The monoisotopic (exact) mass is 307 g/mol. The van der Waals surface area contributed by atoms with Crippen molar-refractivity contribution in [3.05, 3.63) is 54.1 Å². The molecule has 0 atom stereocenters. The molecule has 2 N–H and O–H groups in total. The summed E-state index contributed by atoms with van der Waals surface area (Å²) >= 11 is 0. The molecule has 112 valence electrons. The second-order valence-corrected chi connectivity index (χ2v) is 6.07. The summed E-state index contributed by atoms with van der Waals surface area (Å²) in [5.41, 5.74) is 1.00. The summed E-state index contributed by atoms with van der Waals surface area (Å²) in [4.78, 5) is 0.140. The predicted octanol–water partition coefficient (Wildman–Crippen LogP) is 2.03. The summed E-state index contributed by atoms with van der Waals surface area (Å²) < 4.78 is 32.5. The fourth-order valence-corrected chi connectivity index (χ4v) is 3.29. The smallest absolute Gasteiger partial charge is 0.262 e. The molecule has 2 aromatic rings. The summed E-state index contributed by atoms with van der Waals surface area (Å²) in [7, 11) is -2.20. The van der Waals surface area contributed by atoms with Crippen molar-refractivity contribution in [1.82, 2.24) is 0 Å². The van der Waals surface area contributed by atoms with Crippen LogP contribution in [-0.4, -0.2) is 27.2 Å². The van der Waals surface area contributed by atoms with E-state index < -0.39 is 10.0 Å². The second-order valence-electron chi connectivity index (χ2n) is 4.42. The number of benzene rings is 2. The molecule has 2 rings (SSSR count). The highest BCUT2D eigenvalue weighted by Crippen LogP contribution is 2.24. The number of anilines is 1. The van der Waals surface area contributed by atoms with Crippen LogP contribution in [0.2, 0.25) is 0 Å². The first-order valence-corrected chi connectivity index (χ1v) is 7.91. The van der Waals surface area contributed by atoms with Gasteiger partial charge in [0.15, 0.2) is 0 Å². The number of ether oxygens (including phenoxy) is 1. The van der Waals surface area contributed by atoms with E-state index in [9.17, 15) is 8.42 Å². The fourth-order valence-electron chi connectivity index (χ4n) is 1.98. The van der Waals surface area contributed by atoms with Gasteiger partial charge in [0.05, 0.1) is 12.0 Å². The summed E-state index contributed by atoms with van der Waals surface area (Å²) in [5, 5.41) is 9.11. The maximum atomic E-state index is 12.5. The van der Waals surface area contributed by atoms with Crippen LogP contribution < -0.4 is 9.46 Å². The zero-order valence-electron chi connectivity index (χ0n) is 11.6. The largest absolute Gasteiger partial charge is 0.497 e. The molecule has 0 aliphatic rings. The van der Waals surface area contributed by atoms with Gasteiger partial charge in [-0.05, 0) is 42.3 Å². The standard InChI is InChI=1S/C15H17NO4S/c1-20-14-7-8-15(12(11-14)9-10-17)21(18,19)16-13-5-3-2-4-6-13/h2-8,11,16-17H,9-10H2,1H3. The lowest BCUT2D eigenvalue weighted by Gasteiger charge is -2.13. The van der Waals surface area contributed by atoms with Gasteiger partial charge in [0.25, 0.3) is 10.0 Å². The van der Waals surface area contributed by atoms with Crippen molar-refractivity contribution in [3.8, 4) is 5.75 Å². The first-order chi connectivity index (χ1) is 10.1. The van der Waals surface area contributed by atoms with E-state index in [1.165, 1.54) is 13.2 Å². The lowest BCUT2D eigenvalue weighted by atomic mass is 10.1. The predicted molar refractivity (Wildman–Crippen MR) is 81.0 cm³/mol. The Labute approximate surface area is 124 Å². The third kappa shape index (κ3) is 3.74. The fraction of sp³-hybridized carbons (Fsp3) is 0.200. The molecule has 2 aromatic carbocycles. The van der Waals surface area contributed by atoms with Gasteiger partial charge < -0.3 is 9.84 Å². The average Bonchev–Trinajstić information content (AvgIpc) is 2.48. The number of aliphatic hydroxyl groups excluding tert-OH is 1. The van der Waals surface area contributed by atoms with E-state index in [-0.39, 0.29) is 17.9 Å². The van der Waals surface area contributed by atoms with Crippen LogP contribution in [0, 0.1) is 0 Å². The van der Waals surface area contributed by atoms with Gasteiger partial charge in [-0.15, -0.1) is 0 Å². The van der Waals surface area contributed by atoms with Gasteiger partial charge in [-0.25, -0.2) is 8.42 Å². The third-order valence-corrected chi connectivity index (χ3v) is 4.45. The Morgan fingerprint density at radius 1 is 1.14 bits per heavy atom. The van der Waals surface area contributed by atoms with E-state index in [1.807, 2.05) is 6.07 Å². The van der Waals surface area contributed by atoms with Gasteiger partial charge in [-0.3, -0.25) is 4.72 Å². The molecule has 0 aromatic heterocycles. The first-order valence-electron chi connectivity index (χ1n) is 6.42. The number of sulfonamides is 1. The van der Waals surface area contributed by atoms with Crippen LogP contribution in [0.1, 0.15) is 5.56 Å². The van der Waals surface area contributed by atoms with Crippen LogP contribution in [0.15, 0.2) is 53.4 Å². The number of rotatable bonds is 6. The Bertz CT molecular complexity index is 699. The number of aliphatic hydroxyl groups is 1. The highest BCUT2D eigenvalue weighted by molar-refractivity contribution is 7.92. The zero-order chi connectivity index (χ0) is 15.3. The Hall–Kier alpha value is -2.05. The van der Waals surface area contributed by atoms with Crippen molar-refractivity contribution >= 4 is 15.7 Å². The molecular formula is C15H17NO4S. The molecular weight excluding hydrogens is 290 g/mol. The van der Waals surface area contributed by atoms with Crippen LogP contribution in [-0.2, 0) is 16.4 Å². The van der Waals surface area contributed by atoms with Gasteiger partial charge in [0, 0.05) is 12.3 Å². The maximum absolute atomic E-state index is 12.5. The molecule has 6 heteroatoms. The molecule has 0 bridgehead atoms. The molecule has 0 heterocycles. The number of hydrogen-bond donors (Lipinski definition) is 2. The highest BCUT2D eigenvalue weighted by atomic mass is 32.2. The van der Waals surface area contributed by atoms with Crippen LogP contribution in [0.25, 0.3) is 0 Å². The molecule has 0 aliphatic carbocycles. The molecule has 21 heavy (non-hydrogen) atoms. The van der Waals surface area contributed by atoms with Gasteiger partial charge in [0.2, 0.25) is 0 Å². The molecule has 0 saturated heterocycles. The van der Waals surface area contributed by atoms with Crippen molar-refractivity contribution in [2.24, 2.45) is 0 Å². The van der Waals surface area contributed by atoms with Gasteiger partial charge in [0.1, 0.15) is 5.75 Å². The third-order valence-electron chi connectivity index (χ3n) is 2.96. The molecule has 5 nitrogen and oxygen atoms in total. The van der Waals surface area contributed by atoms with Crippen molar-refractivity contribution in [2.75, 3.05) is 18.4 Å². The van der Waals surface area contributed by atoms with Crippen LogP contribution in [0.4, 0.5) is 5.69 Å². The average molecular weight is 307 g/mol. The topological polar surface area (TPSA) is 75.6 Å². The van der Waals surface area contributed by atoms with E-state index in [1.54, 1.807) is 36.4 Å². The van der Waals surface area contributed by atoms with Gasteiger partial charge in [-0.1, -0.05) is 18.2 Å². The van der Waals surface area contributed by atoms with E-state index >= 15 is 0 Å². The minimum Gasteiger partial charge on any atom is -0.497 e. The number of para-hydroxylation sites is 1. The first kappa shape index (κ1) is 15.3. The number of hydrogen-bond acceptors (Lipinski definition) is 4. The number of nitrogens with one attached hydrogen (secondary N) is 1. The van der Waals surface area contributed by atoms with E-state index in [0.717, 1.165) is 0 Å². The zero-order valence-corrected chi connectivity index (χ0v) is 12.4. The van der Waals surface area contributed by atoms with Gasteiger partial charge in [-0.2, -0.15) is 0 Å². The van der Waals surface area contributed by atoms with E-state index in [4.69, 9.17) is 9.84 Å². The normalized spacial score (nSPS) is 11.1. The molecule has 0 spiro atoms. The molecule has 0 radical (unpaired) electrons. The lowest BCUT2D eigenvalue weighted by molar-refractivity contribution is 0.298. The summed E-state index contributed by atoms with van der Waals surface area (Å²) in [6.07, 6.45) is 0.238. The SMILES string of the molecule is COc1ccc(S(=O)(=O)Nc2ccccc2)c(CCO)c1. The highest BCUT2D eigenvalue weighted by Gasteiger charge is 2.19. The van der Waals surface area contributed by atoms with Gasteiger partial charge >= 0.3 is 0 Å². The van der Waals surface area contributed by atoms with E-state index in [2.05, 4.69) is 4.72 Å². The van der Waals surface area contributed by atoms with Crippen molar-refractivity contribution in [2.45, 2.75) is 11.3 Å². The summed E-state index contributed by atoms with van der Waals surface area (Å²) in [5.74, 6) is 0.553. The maximum Gasteiger partial charge on any atom is 0.262 e. The minimum atomic E-state index is -3.71. The molecule has 0 unspecified atom stereocenters. The Balaban J connectivity index is 2.39. The summed E-state index contributed by atoms with van der Waals surface area (Å²) in [6, 6.07) is 13.3. The van der Waals surface area contributed by atoms with Crippen molar-refractivity contribution < 1.29 is 18.3 Å². The Morgan fingerprint density at radius 2 is 1.86 bits per heavy atom. The summed E-state index contributed by atoms with van der Waals surface area (Å²) in [6.45, 7) is -0.138. The van der Waals surface area contributed by atoms with Crippen LogP contribution in [0.3, 0.4) is 0 Å². The quantitative estimate of drug-likeness (QED) is 0.856.